The summed E-state index contributed by atoms with van der Waals surface area (Å²) in [6.45, 7) is 0. The van der Waals surface area contributed by atoms with E-state index in [4.69, 9.17) is 36.2 Å². The molecule has 0 amide bonds. The lowest BCUT2D eigenvalue weighted by Crippen LogP contribution is -2.09. The van der Waals surface area contributed by atoms with Crippen molar-refractivity contribution < 1.29 is 13.0 Å². The van der Waals surface area contributed by atoms with Gasteiger partial charge in [-0.2, -0.15) is 13.5 Å². The number of halogens is 3. The predicted molar refractivity (Wildman–Crippen MR) is 77.7 cm³/mol. The van der Waals surface area contributed by atoms with Gasteiger partial charge in [-0.05, 0) is 0 Å². The molecule has 0 radical (unpaired) electrons. The van der Waals surface area contributed by atoms with Crippen molar-refractivity contribution in [2.24, 2.45) is 0 Å². The molecule has 2 aromatic rings. The SMILES string of the molecule is O=S(=O)(O)Cl.O=c1[nH]nc(-c2ccccc2)c(Cl)c1Cl. The highest BCUT2D eigenvalue weighted by molar-refractivity contribution is 8.09. The highest BCUT2D eigenvalue weighted by Crippen LogP contribution is 2.28. The maximum atomic E-state index is 11.1. The molecule has 0 aliphatic heterocycles. The molecular formula is C10H7Cl3N2O4S. The lowest BCUT2D eigenvalue weighted by Gasteiger charge is -2.02. The Balaban J connectivity index is 0.000000347. The van der Waals surface area contributed by atoms with E-state index in [-0.39, 0.29) is 10.0 Å². The molecule has 1 heterocycles. The van der Waals surface area contributed by atoms with Crippen molar-refractivity contribution in [3.63, 3.8) is 0 Å². The zero-order valence-corrected chi connectivity index (χ0v) is 12.6. The molecule has 0 unspecified atom stereocenters. The van der Waals surface area contributed by atoms with E-state index in [1.807, 2.05) is 30.3 Å². The standard InChI is InChI=1S/C10H6Cl2N2O.ClHO3S/c11-7-8(12)10(15)14-13-9(7)6-4-2-1-3-5-6;1-5(2,3)4/h1-5H,(H,14,15);(H,2,3,4). The molecule has 6 nitrogen and oxygen atoms in total. The fourth-order valence-corrected chi connectivity index (χ4v) is 1.56. The molecule has 0 saturated heterocycles. The number of H-pyrrole nitrogens is 1. The van der Waals surface area contributed by atoms with Gasteiger partial charge >= 0.3 is 9.33 Å². The van der Waals surface area contributed by atoms with E-state index < -0.39 is 14.9 Å². The number of nitrogens with zero attached hydrogens (tertiary/aromatic N) is 1. The van der Waals surface area contributed by atoms with Crippen LogP contribution >= 0.6 is 33.9 Å². The van der Waals surface area contributed by atoms with Gasteiger partial charge in [0.05, 0.1) is 5.02 Å². The van der Waals surface area contributed by atoms with Crippen molar-refractivity contribution in [3.05, 3.63) is 50.7 Å². The Bertz CT molecular complexity index is 739. The fraction of sp³-hybridized carbons (Fsp3) is 0. The fourth-order valence-electron chi connectivity index (χ4n) is 1.20. The zero-order valence-electron chi connectivity index (χ0n) is 9.55. The molecule has 0 atom stereocenters. The number of hydrogen-bond acceptors (Lipinski definition) is 4. The average Bonchev–Trinajstić information content (AvgIpc) is 2.35. The van der Waals surface area contributed by atoms with Crippen LogP contribution in [0.3, 0.4) is 0 Å². The second kappa shape index (κ2) is 7.05. The molecular weight excluding hydrogens is 351 g/mol. The topological polar surface area (TPSA) is 100 Å². The highest BCUT2D eigenvalue weighted by Gasteiger charge is 2.11. The summed E-state index contributed by atoms with van der Waals surface area (Å²) in [6, 6.07) is 9.26. The largest absolute Gasteiger partial charge is 0.353 e. The number of hydrogen-bond donors (Lipinski definition) is 2. The molecule has 2 rings (SSSR count). The first-order valence-electron chi connectivity index (χ1n) is 4.86. The van der Waals surface area contributed by atoms with E-state index >= 15 is 0 Å². The summed E-state index contributed by atoms with van der Waals surface area (Å²) in [5.74, 6) is 0. The van der Waals surface area contributed by atoms with Crippen molar-refractivity contribution >= 4 is 43.2 Å². The van der Waals surface area contributed by atoms with Gasteiger partial charge in [0, 0.05) is 16.2 Å². The highest BCUT2D eigenvalue weighted by atomic mass is 35.7. The maximum absolute atomic E-state index is 11.1. The molecule has 20 heavy (non-hydrogen) atoms. The van der Waals surface area contributed by atoms with Crippen LogP contribution in [0.25, 0.3) is 11.3 Å². The van der Waals surface area contributed by atoms with E-state index in [2.05, 4.69) is 20.9 Å². The molecule has 0 saturated carbocycles. The van der Waals surface area contributed by atoms with Crippen LogP contribution in [-0.4, -0.2) is 23.2 Å². The van der Waals surface area contributed by atoms with Crippen LogP contribution in [0.15, 0.2) is 35.1 Å². The lowest BCUT2D eigenvalue weighted by molar-refractivity contribution is 0.501. The summed E-state index contributed by atoms with van der Waals surface area (Å²) in [4.78, 5) is 11.1. The summed E-state index contributed by atoms with van der Waals surface area (Å²) >= 11 is 11.6. The second-order valence-electron chi connectivity index (χ2n) is 3.31. The minimum atomic E-state index is -4.19. The van der Waals surface area contributed by atoms with Gasteiger partial charge in [0.25, 0.3) is 5.56 Å². The third kappa shape index (κ3) is 5.48. The van der Waals surface area contributed by atoms with Gasteiger partial charge in [-0.1, -0.05) is 53.5 Å². The minimum Gasteiger partial charge on any atom is -0.273 e. The molecule has 0 bridgehead atoms. The van der Waals surface area contributed by atoms with Crippen LogP contribution in [0.4, 0.5) is 0 Å². The second-order valence-corrected chi connectivity index (χ2v) is 6.06. The average molecular weight is 358 g/mol. The van der Waals surface area contributed by atoms with Gasteiger partial charge in [0.1, 0.15) is 10.7 Å². The van der Waals surface area contributed by atoms with Crippen LogP contribution in [0, 0.1) is 0 Å². The quantitative estimate of drug-likeness (QED) is 0.604. The van der Waals surface area contributed by atoms with Crippen LogP contribution in [0.2, 0.25) is 10.0 Å². The number of aromatic amines is 1. The van der Waals surface area contributed by atoms with E-state index in [9.17, 15) is 4.79 Å². The van der Waals surface area contributed by atoms with Crippen molar-refractivity contribution in [1.29, 1.82) is 0 Å². The molecule has 1 aromatic heterocycles. The number of nitrogens with one attached hydrogen (secondary N) is 1. The summed E-state index contributed by atoms with van der Waals surface area (Å²) in [6.07, 6.45) is 0. The Labute approximate surface area is 128 Å². The monoisotopic (exact) mass is 356 g/mol. The predicted octanol–water partition coefficient (Wildman–Crippen LogP) is 2.77. The Morgan fingerprint density at radius 1 is 1.10 bits per heavy atom. The van der Waals surface area contributed by atoms with Crippen LogP contribution in [0.5, 0.6) is 0 Å². The Kier molecular flexibility index (Phi) is 5.97. The minimum absolute atomic E-state index is 0.0366. The van der Waals surface area contributed by atoms with Gasteiger partial charge in [0.2, 0.25) is 0 Å². The van der Waals surface area contributed by atoms with E-state index in [0.717, 1.165) is 5.56 Å². The summed E-state index contributed by atoms with van der Waals surface area (Å²) in [5.41, 5.74) is 0.795. The van der Waals surface area contributed by atoms with Gasteiger partial charge in [0.15, 0.2) is 0 Å². The molecule has 108 valence electrons. The van der Waals surface area contributed by atoms with Gasteiger partial charge in [-0.15, -0.1) is 0 Å². The van der Waals surface area contributed by atoms with Gasteiger partial charge in [-0.25, -0.2) is 5.10 Å². The van der Waals surface area contributed by atoms with Crippen LogP contribution < -0.4 is 5.56 Å². The first-order valence-corrected chi connectivity index (χ1v) is 7.88. The molecule has 10 heteroatoms. The van der Waals surface area contributed by atoms with E-state index in [0.29, 0.717) is 5.69 Å². The lowest BCUT2D eigenvalue weighted by atomic mass is 10.1. The number of aromatic nitrogens is 2. The summed E-state index contributed by atoms with van der Waals surface area (Å²) < 4.78 is 25.2. The van der Waals surface area contributed by atoms with Gasteiger partial charge < -0.3 is 0 Å². The summed E-state index contributed by atoms with van der Waals surface area (Å²) in [7, 11) is -0.137. The van der Waals surface area contributed by atoms with Crippen molar-refractivity contribution in [1.82, 2.24) is 10.2 Å². The van der Waals surface area contributed by atoms with Gasteiger partial charge in [-0.3, -0.25) is 9.35 Å². The Hall–Kier alpha value is -1.12. The van der Waals surface area contributed by atoms with E-state index in [1.54, 1.807) is 0 Å². The maximum Gasteiger partial charge on any atom is 0.353 e. The third-order valence-electron chi connectivity index (χ3n) is 1.92. The van der Waals surface area contributed by atoms with Crippen molar-refractivity contribution in [2.75, 3.05) is 0 Å². The van der Waals surface area contributed by atoms with Crippen LogP contribution in [-0.2, 0) is 9.33 Å². The van der Waals surface area contributed by atoms with E-state index in [1.165, 1.54) is 0 Å². The molecule has 0 aliphatic rings. The van der Waals surface area contributed by atoms with Crippen molar-refractivity contribution in [3.8, 4) is 11.3 Å². The molecule has 0 aliphatic carbocycles. The van der Waals surface area contributed by atoms with Crippen molar-refractivity contribution in [2.45, 2.75) is 0 Å². The molecule has 0 fully saturated rings. The number of rotatable bonds is 1. The summed E-state index contributed by atoms with van der Waals surface area (Å²) in [5, 5.41) is 6.28. The number of benzene rings is 1. The van der Waals surface area contributed by atoms with Crippen LogP contribution in [0.1, 0.15) is 0 Å². The normalized spacial score (nSPS) is 10.6. The Morgan fingerprint density at radius 2 is 1.60 bits per heavy atom. The zero-order chi connectivity index (χ0) is 15.3. The first-order chi connectivity index (χ1) is 9.20. The Morgan fingerprint density at radius 3 is 2.10 bits per heavy atom. The molecule has 0 spiro atoms. The first kappa shape index (κ1) is 16.9. The third-order valence-corrected chi connectivity index (χ3v) is 2.74. The molecule has 2 N–H and O–H groups in total. The molecule has 1 aromatic carbocycles. The smallest absolute Gasteiger partial charge is 0.273 e.